The molecule has 0 aliphatic carbocycles. The maximum Gasteiger partial charge on any atom is 0.234 e. The number of aryl methyl sites for hydroxylation is 2. The third kappa shape index (κ3) is 4.48. The Morgan fingerprint density at radius 1 is 1.15 bits per heavy atom. The number of amides is 1. The van der Waals surface area contributed by atoms with Crippen molar-refractivity contribution >= 4 is 45.9 Å². The minimum atomic E-state index is -0.0726. The molecule has 0 spiro atoms. The molecule has 0 bridgehead atoms. The van der Waals surface area contributed by atoms with E-state index in [-0.39, 0.29) is 11.3 Å². The SMILES string of the molecule is Cc1ccc(NC(=O)CSCc2cc(=O)c3cc(Cl)ccc3[nH]2)c(C)c1. The summed E-state index contributed by atoms with van der Waals surface area (Å²) in [6, 6.07) is 12.7. The van der Waals surface area contributed by atoms with E-state index in [2.05, 4.69) is 10.3 Å². The van der Waals surface area contributed by atoms with Gasteiger partial charge in [0.25, 0.3) is 0 Å². The van der Waals surface area contributed by atoms with Gasteiger partial charge in [-0.3, -0.25) is 9.59 Å². The summed E-state index contributed by atoms with van der Waals surface area (Å²) in [5.41, 5.74) is 4.50. The Labute approximate surface area is 161 Å². The van der Waals surface area contributed by atoms with Crippen molar-refractivity contribution in [3.8, 4) is 0 Å². The highest BCUT2D eigenvalue weighted by Crippen LogP contribution is 2.19. The molecule has 26 heavy (non-hydrogen) atoms. The number of thioether (sulfide) groups is 1. The Hall–Kier alpha value is -2.24. The number of anilines is 1. The topological polar surface area (TPSA) is 62.0 Å². The van der Waals surface area contributed by atoms with E-state index in [1.165, 1.54) is 11.8 Å². The van der Waals surface area contributed by atoms with Gasteiger partial charge in [-0.15, -0.1) is 11.8 Å². The number of halogens is 1. The van der Waals surface area contributed by atoms with Gasteiger partial charge in [0.05, 0.1) is 5.75 Å². The second kappa shape index (κ2) is 7.98. The number of fused-ring (bicyclic) bond motifs is 1. The minimum absolute atomic E-state index is 0.0585. The van der Waals surface area contributed by atoms with Gasteiger partial charge < -0.3 is 10.3 Å². The van der Waals surface area contributed by atoms with Gasteiger partial charge in [0, 0.05) is 39.1 Å². The molecule has 2 aromatic carbocycles. The number of carbonyl (C=O) groups excluding carboxylic acids is 1. The molecule has 1 aromatic heterocycles. The monoisotopic (exact) mass is 386 g/mol. The van der Waals surface area contributed by atoms with E-state index in [4.69, 9.17) is 11.6 Å². The fourth-order valence-electron chi connectivity index (χ4n) is 2.75. The van der Waals surface area contributed by atoms with Crippen molar-refractivity contribution in [1.82, 2.24) is 4.98 Å². The van der Waals surface area contributed by atoms with Crippen LogP contribution >= 0.6 is 23.4 Å². The van der Waals surface area contributed by atoms with Crippen molar-refractivity contribution < 1.29 is 4.79 Å². The molecular weight excluding hydrogens is 368 g/mol. The van der Waals surface area contributed by atoms with E-state index >= 15 is 0 Å². The van der Waals surface area contributed by atoms with Crippen molar-refractivity contribution in [3.05, 3.63) is 74.5 Å². The first-order chi connectivity index (χ1) is 12.4. The number of hydrogen-bond acceptors (Lipinski definition) is 3. The van der Waals surface area contributed by atoms with Crippen LogP contribution in [0.1, 0.15) is 16.8 Å². The molecule has 0 fully saturated rings. The lowest BCUT2D eigenvalue weighted by atomic mass is 10.1. The van der Waals surface area contributed by atoms with Crippen LogP contribution in [-0.4, -0.2) is 16.6 Å². The molecule has 1 heterocycles. The Morgan fingerprint density at radius 3 is 2.73 bits per heavy atom. The van der Waals surface area contributed by atoms with E-state index in [0.717, 1.165) is 28.0 Å². The first kappa shape index (κ1) is 18.5. The fourth-order valence-corrected chi connectivity index (χ4v) is 3.65. The highest BCUT2D eigenvalue weighted by molar-refractivity contribution is 7.99. The van der Waals surface area contributed by atoms with Crippen LogP contribution in [0.4, 0.5) is 5.69 Å². The number of benzene rings is 2. The predicted octanol–water partition coefficient (Wildman–Crippen LogP) is 4.67. The van der Waals surface area contributed by atoms with E-state index < -0.39 is 0 Å². The van der Waals surface area contributed by atoms with Gasteiger partial charge in [0.15, 0.2) is 5.43 Å². The van der Waals surface area contributed by atoms with Crippen LogP contribution in [0.15, 0.2) is 47.3 Å². The van der Waals surface area contributed by atoms with E-state index in [9.17, 15) is 9.59 Å². The molecule has 3 aromatic rings. The highest BCUT2D eigenvalue weighted by Gasteiger charge is 2.07. The molecule has 0 atom stereocenters. The molecular formula is C20H19ClN2O2S. The molecule has 0 unspecified atom stereocenters. The Bertz CT molecular complexity index is 1030. The molecule has 0 aliphatic heterocycles. The molecule has 0 saturated heterocycles. The summed E-state index contributed by atoms with van der Waals surface area (Å²) >= 11 is 7.39. The summed E-state index contributed by atoms with van der Waals surface area (Å²) in [7, 11) is 0. The summed E-state index contributed by atoms with van der Waals surface area (Å²) < 4.78 is 0. The number of hydrogen-bond donors (Lipinski definition) is 2. The number of aromatic nitrogens is 1. The summed E-state index contributed by atoms with van der Waals surface area (Å²) in [5, 5.41) is 4.03. The van der Waals surface area contributed by atoms with E-state index in [1.54, 1.807) is 24.3 Å². The van der Waals surface area contributed by atoms with Gasteiger partial charge in [0.2, 0.25) is 5.91 Å². The zero-order valence-electron chi connectivity index (χ0n) is 14.6. The number of pyridine rings is 1. The molecule has 3 rings (SSSR count). The molecule has 134 valence electrons. The smallest absolute Gasteiger partial charge is 0.234 e. The predicted molar refractivity (Wildman–Crippen MR) is 110 cm³/mol. The summed E-state index contributed by atoms with van der Waals surface area (Å²) in [4.78, 5) is 27.5. The van der Waals surface area contributed by atoms with Crippen LogP contribution in [0.5, 0.6) is 0 Å². The van der Waals surface area contributed by atoms with Gasteiger partial charge in [0.1, 0.15) is 0 Å². The summed E-state index contributed by atoms with van der Waals surface area (Å²) in [6.45, 7) is 3.99. The molecule has 0 radical (unpaired) electrons. The van der Waals surface area contributed by atoms with Crippen LogP contribution in [0, 0.1) is 13.8 Å². The Morgan fingerprint density at radius 2 is 1.96 bits per heavy atom. The standard InChI is InChI=1S/C20H19ClN2O2S/c1-12-3-5-17(13(2)7-12)23-20(25)11-26-10-15-9-19(24)16-8-14(21)4-6-18(16)22-15/h3-9H,10-11H2,1-2H3,(H,22,24)(H,23,25). The van der Waals surface area contributed by atoms with Gasteiger partial charge in [-0.2, -0.15) is 0 Å². The number of H-pyrrole nitrogens is 1. The molecule has 1 amide bonds. The Kier molecular flexibility index (Phi) is 5.69. The summed E-state index contributed by atoms with van der Waals surface area (Å²) in [5.74, 6) is 0.805. The molecule has 0 saturated carbocycles. The van der Waals surface area contributed by atoms with Crippen molar-refractivity contribution in [2.45, 2.75) is 19.6 Å². The van der Waals surface area contributed by atoms with Crippen molar-refractivity contribution in [1.29, 1.82) is 0 Å². The van der Waals surface area contributed by atoms with Crippen molar-refractivity contribution in [2.24, 2.45) is 0 Å². The van der Waals surface area contributed by atoms with E-state index in [1.807, 2.05) is 32.0 Å². The van der Waals surface area contributed by atoms with Gasteiger partial charge >= 0.3 is 0 Å². The van der Waals surface area contributed by atoms with Crippen LogP contribution in [0.25, 0.3) is 10.9 Å². The van der Waals surface area contributed by atoms with Gasteiger partial charge in [-0.05, 0) is 43.7 Å². The first-order valence-corrected chi connectivity index (χ1v) is 9.72. The summed E-state index contributed by atoms with van der Waals surface area (Å²) in [6.07, 6.45) is 0. The largest absolute Gasteiger partial charge is 0.357 e. The second-order valence-corrected chi connectivity index (χ2v) is 7.63. The normalized spacial score (nSPS) is 10.9. The van der Waals surface area contributed by atoms with E-state index in [0.29, 0.717) is 21.9 Å². The number of carbonyl (C=O) groups is 1. The van der Waals surface area contributed by atoms with Gasteiger partial charge in [-0.1, -0.05) is 29.3 Å². The average molecular weight is 387 g/mol. The Balaban J connectivity index is 1.61. The molecule has 2 N–H and O–H groups in total. The van der Waals surface area contributed by atoms with Crippen LogP contribution in [-0.2, 0) is 10.5 Å². The second-order valence-electron chi connectivity index (χ2n) is 6.21. The lowest BCUT2D eigenvalue weighted by molar-refractivity contribution is -0.113. The number of nitrogens with one attached hydrogen (secondary N) is 2. The zero-order chi connectivity index (χ0) is 18.7. The van der Waals surface area contributed by atoms with Crippen molar-refractivity contribution in [3.63, 3.8) is 0 Å². The number of rotatable bonds is 5. The molecule has 4 nitrogen and oxygen atoms in total. The third-order valence-corrected chi connectivity index (χ3v) is 5.21. The maximum absolute atomic E-state index is 12.2. The lowest BCUT2D eigenvalue weighted by Crippen LogP contribution is -2.15. The maximum atomic E-state index is 12.2. The molecule has 0 aliphatic rings. The minimum Gasteiger partial charge on any atom is -0.357 e. The highest BCUT2D eigenvalue weighted by atomic mass is 35.5. The van der Waals surface area contributed by atoms with Crippen LogP contribution in [0.2, 0.25) is 5.02 Å². The van der Waals surface area contributed by atoms with Gasteiger partial charge in [-0.25, -0.2) is 0 Å². The third-order valence-electron chi connectivity index (χ3n) is 3.99. The first-order valence-electron chi connectivity index (χ1n) is 8.19. The van der Waals surface area contributed by atoms with Crippen LogP contribution in [0.3, 0.4) is 0 Å². The fraction of sp³-hybridized carbons (Fsp3) is 0.200. The molecule has 6 heteroatoms. The van der Waals surface area contributed by atoms with Crippen molar-refractivity contribution in [2.75, 3.05) is 11.1 Å². The quantitative estimate of drug-likeness (QED) is 0.669. The lowest BCUT2D eigenvalue weighted by Gasteiger charge is -2.09. The number of aromatic amines is 1. The van der Waals surface area contributed by atoms with Crippen LogP contribution < -0.4 is 10.7 Å². The zero-order valence-corrected chi connectivity index (χ0v) is 16.1. The average Bonchev–Trinajstić information content (AvgIpc) is 2.58.